The van der Waals surface area contributed by atoms with Gasteiger partial charge < -0.3 is 15.6 Å². The number of aldehydes is 1. The number of rotatable bonds is 5. The van der Waals surface area contributed by atoms with Gasteiger partial charge in [0.2, 0.25) is 0 Å². The minimum absolute atomic E-state index is 0.385. The molecule has 0 aliphatic rings. The fourth-order valence-corrected chi connectivity index (χ4v) is 1.67. The van der Waals surface area contributed by atoms with E-state index < -0.39 is 12.0 Å². The van der Waals surface area contributed by atoms with Crippen LogP contribution in [0, 0.1) is 0 Å². The zero-order valence-corrected chi connectivity index (χ0v) is 11.7. The average Bonchev–Trinajstić information content (AvgIpc) is 2.50. The Morgan fingerprint density at radius 2 is 1.48 bits per heavy atom. The molecule has 0 bridgehead atoms. The molecule has 0 fully saturated rings. The summed E-state index contributed by atoms with van der Waals surface area (Å²) >= 11 is 0. The Hall–Kier alpha value is -2.46. The van der Waals surface area contributed by atoms with E-state index in [1.807, 2.05) is 60.7 Å². The van der Waals surface area contributed by atoms with Gasteiger partial charge in [-0.25, -0.2) is 0 Å². The van der Waals surface area contributed by atoms with Crippen LogP contribution in [0.5, 0.6) is 0 Å². The van der Waals surface area contributed by atoms with Crippen LogP contribution >= 0.6 is 0 Å². The van der Waals surface area contributed by atoms with Crippen LogP contribution in [-0.4, -0.2) is 23.4 Å². The Balaban J connectivity index is 0.000000219. The van der Waals surface area contributed by atoms with Crippen LogP contribution < -0.4 is 5.73 Å². The van der Waals surface area contributed by atoms with Crippen LogP contribution in [0.4, 0.5) is 0 Å². The minimum Gasteiger partial charge on any atom is -0.480 e. The van der Waals surface area contributed by atoms with Crippen molar-refractivity contribution in [2.45, 2.75) is 18.9 Å². The van der Waals surface area contributed by atoms with Crippen molar-refractivity contribution in [2.24, 2.45) is 5.73 Å². The lowest BCUT2D eigenvalue weighted by molar-refractivity contribution is -0.138. The Morgan fingerprint density at radius 3 is 1.90 bits per heavy atom. The summed E-state index contributed by atoms with van der Waals surface area (Å²) in [6, 6.07) is 18.2. The lowest BCUT2D eigenvalue weighted by Crippen LogP contribution is -2.32. The van der Waals surface area contributed by atoms with Crippen molar-refractivity contribution in [3.63, 3.8) is 0 Å². The predicted molar refractivity (Wildman–Crippen MR) is 82.0 cm³/mol. The smallest absolute Gasteiger partial charge is 0.320 e. The number of carbonyl (C=O) groups is 2. The molecule has 1 atom stereocenters. The third-order valence-corrected chi connectivity index (χ3v) is 2.78. The van der Waals surface area contributed by atoms with E-state index in [9.17, 15) is 9.59 Å². The third-order valence-electron chi connectivity index (χ3n) is 2.78. The molecule has 4 heteroatoms. The highest BCUT2D eigenvalue weighted by atomic mass is 16.4. The van der Waals surface area contributed by atoms with E-state index in [0.29, 0.717) is 12.8 Å². The van der Waals surface area contributed by atoms with Crippen molar-refractivity contribution in [3.8, 4) is 0 Å². The van der Waals surface area contributed by atoms with E-state index in [0.717, 1.165) is 17.4 Å². The Kier molecular flexibility index (Phi) is 7.46. The van der Waals surface area contributed by atoms with E-state index in [1.165, 1.54) is 0 Å². The molecule has 0 aliphatic carbocycles. The van der Waals surface area contributed by atoms with Crippen molar-refractivity contribution in [1.29, 1.82) is 0 Å². The first kappa shape index (κ1) is 16.6. The molecule has 0 aromatic heterocycles. The number of benzene rings is 2. The molecule has 110 valence electrons. The molecule has 0 saturated carbocycles. The number of carbonyl (C=O) groups excluding carboxylic acids is 1. The van der Waals surface area contributed by atoms with Crippen molar-refractivity contribution >= 4 is 12.3 Å². The van der Waals surface area contributed by atoms with Gasteiger partial charge in [0.15, 0.2) is 0 Å². The predicted octanol–water partition coefficient (Wildman–Crippen LogP) is 2.07. The lowest BCUT2D eigenvalue weighted by Gasteiger charge is -2.04. The van der Waals surface area contributed by atoms with Crippen LogP contribution in [0.25, 0.3) is 0 Å². The van der Waals surface area contributed by atoms with Crippen LogP contribution in [0.1, 0.15) is 11.1 Å². The van der Waals surface area contributed by atoms with Crippen molar-refractivity contribution in [2.75, 3.05) is 0 Å². The summed E-state index contributed by atoms with van der Waals surface area (Å²) < 4.78 is 0. The molecular weight excluding hydrogens is 266 g/mol. The second kappa shape index (κ2) is 9.44. The van der Waals surface area contributed by atoms with Gasteiger partial charge in [-0.3, -0.25) is 4.79 Å². The molecule has 3 N–H and O–H groups in total. The number of nitrogens with two attached hydrogens (primary N) is 1. The van der Waals surface area contributed by atoms with Crippen molar-refractivity contribution in [3.05, 3.63) is 71.8 Å². The highest BCUT2D eigenvalue weighted by Crippen LogP contribution is 2.01. The average molecular weight is 285 g/mol. The molecule has 0 heterocycles. The minimum atomic E-state index is -0.959. The van der Waals surface area contributed by atoms with E-state index in [2.05, 4.69) is 0 Å². The van der Waals surface area contributed by atoms with E-state index >= 15 is 0 Å². The molecule has 0 aliphatic heterocycles. The van der Waals surface area contributed by atoms with E-state index in [1.54, 1.807) is 0 Å². The fourth-order valence-electron chi connectivity index (χ4n) is 1.67. The molecule has 2 aromatic carbocycles. The van der Waals surface area contributed by atoms with Crippen molar-refractivity contribution < 1.29 is 14.7 Å². The standard InChI is InChI=1S/C9H11NO2.C8H8O/c10-8(9(11)12)6-7-4-2-1-3-5-7;9-7-6-8-4-2-1-3-5-8/h1-5,8H,6,10H2,(H,11,12);1-5,7H,6H2/t8-;/m0./s1. The van der Waals surface area contributed by atoms with Gasteiger partial charge in [-0.2, -0.15) is 0 Å². The molecule has 0 unspecified atom stereocenters. The molecule has 21 heavy (non-hydrogen) atoms. The first-order chi connectivity index (χ1) is 10.1. The maximum Gasteiger partial charge on any atom is 0.320 e. The SMILES string of the molecule is N[C@@H](Cc1ccccc1)C(=O)O.O=CCc1ccccc1. The number of carboxylic acids is 1. The van der Waals surface area contributed by atoms with Crippen LogP contribution in [0.2, 0.25) is 0 Å². The number of carboxylic acid groups (broad SMARTS) is 1. The number of hydrogen-bond donors (Lipinski definition) is 2. The summed E-state index contributed by atoms with van der Waals surface area (Å²) in [5.41, 5.74) is 7.38. The summed E-state index contributed by atoms with van der Waals surface area (Å²) in [4.78, 5) is 20.4. The maximum absolute atomic E-state index is 10.4. The molecule has 4 nitrogen and oxygen atoms in total. The normalized spacial score (nSPS) is 10.9. The molecule has 0 amide bonds. The molecule has 0 saturated heterocycles. The highest BCUT2D eigenvalue weighted by Gasteiger charge is 2.10. The third kappa shape index (κ3) is 7.03. The summed E-state index contributed by atoms with van der Waals surface area (Å²) in [7, 11) is 0. The van der Waals surface area contributed by atoms with Crippen LogP contribution in [-0.2, 0) is 22.4 Å². The topological polar surface area (TPSA) is 80.4 Å². The van der Waals surface area contributed by atoms with Gasteiger partial charge in [0, 0.05) is 6.42 Å². The van der Waals surface area contributed by atoms with Gasteiger partial charge in [-0.1, -0.05) is 60.7 Å². The monoisotopic (exact) mass is 285 g/mol. The van der Waals surface area contributed by atoms with Gasteiger partial charge in [0.1, 0.15) is 12.3 Å². The summed E-state index contributed by atoms with van der Waals surface area (Å²) in [6.45, 7) is 0. The Morgan fingerprint density at radius 1 is 1.00 bits per heavy atom. The van der Waals surface area contributed by atoms with Gasteiger partial charge >= 0.3 is 5.97 Å². The van der Waals surface area contributed by atoms with Crippen molar-refractivity contribution in [1.82, 2.24) is 0 Å². The molecule has 2 rings (SSSR count). The van der Waals surface area contributed by atoms with Gasteiger partial charge in [-0.05, 0) is 17.5 Å². The lowest BCUT2D eigenvalue weighted by atomic mass is 10.1. The summed E-state index contributed by atoms with van der Waals surface area (Å²) in [5, 5.41) is 8.52. The largest absolute Gasteiger partial charge is 0.480 e. The second-order valence-electron chi connectivity index (χ2n) is 4.49. The van der Waals surface area contributed by atoms with Gasteiger partial charge in [0.05, 0.1) is 0 Å². The van der Waals surface area contributed by atoms with Crippen LogP contribution in [0.3, 0.4) is 0 Å². The molecule has 0 spiro atoms. The second-order valence-corrected chi connectivity index (χ2v) is 4.49. The maximum atomic E-state index is 10.4. The summed E-state index contributed by atoms with van der Waals surface area (Å²) in [6.07, 6.45) is 1.83. The Bertz CT molecular complexity index is 540. The number of aliphatic carboxylic acids is 1. The first-order valence-electron chi connectivity index (χ1n) is 6.63. The zero-order chi connectivity index (χ0) is 15.5. The van der Waals surface area contributed by atoms with Gasteiger partial charge in [-0.15, -0.1) is 0 Å². The Labute approximate surface area is 124 Å². The summed E-state index contributed by atoms with van der Waals surface area (Å²) in [5.74, 6) is -0.959. The highest BCUT2D eigenvalue weighted by molar-refractivity contribution is 5.73. The molecular formula is C17H19NO3. The quantitative estimate of drug-likeness (QED) is 0.824. The van der Waals surface area contributed by atoms with Crippen LogP contribution in [0.15, 0.2) is 60.7 Å². The molecule has 2 aromatic rings. The van der Waals surface area contributed by atoms with Gasteiger partial charge in [0.25, 0.3) is 0 Å². The first-order valence-corrected chi connectivity index (χ1v) is 6.63. The van der Waals surface area contributed by atoms with E-state index in [4.69, 9.17) is 10.8 Å². The zero-order valence-electron chi connectivity index (χ0n) is 11.7. The number of hydrogen-bond acceptors (Lipinski definition) is 3. The molecule has 0 radical (unpaired) electrons. The van der Waals surface area contributed by atoms with E-state index in [-0.39, 0.29) is 0 Å². The fraction of sp³-hybridized carbons (Fsp3) is 0.176.